The molecule has 0 fully saturated rings. The van der Waals surface area contributed by atoms with E-state index < -0.39 is 18.2 Å². The molecular weight excluding hydrogens is 767 g/mol. The van der Waals surface area contributed by atoms with Gasteiger partial charge in [-0.1, -0.05) is 209 Å². The fourth-order valence-corrected chi connectivity index (χ4v) is 7.57. The number of rotatable bonds is 46. The molecule has 1 amide bonds. The van der Waals surface area contributed by atoms with Gasteiger partial charge in [-0.15, -0.1) is 0 Å². The van der Waals surface area contributed by atoms with E-state index in [-0.39, 0.29) is 24.9 Å². The van der Waals surface area contributed by atoms with Gasteiger partial charge in [0.05, 0.1) is 25.2 Å². The first-order valence-corrected chi connectivity index (χ1v) is 26.2. The van der Waals surface area contributed by atoms with E-state index in [2.05, 4.69) is 99.0 Å². The monoisotopic (exact) mass is 866 g/mol. The van der Waals surface area contributed by atoms with Crippen molar-refractivity contribution in [1.29, 1.82) is 0 Å². The zero-order valence-corrected chi connectivity index (χ0v) is 40.7. The molecule has 0 spiro atoms. The molecule has 3 unspecified atom stereocenters. The van der Waals surface area contributed by atoms with Gasteiger partial charge in [0.15, 0.2) is 0 Å². The number of nitrogens with one attached hydrogen (secondary N) is 1. The summed E-state index contributed by atoms with van der Waals surface area (Å²) in [6.45, 7) is 6.32. The van der Waals surface area contributed by atoms with Gasteiger partial charge in [-0.2, -0.15) is 0 Å². The van der Waals surface area contributed by atoms with Gasteiger partial charge in [0.2, 0.25) is 5.91 Å². The molecule has 0 radical (unpaired) electrons. The maximum atomic E-state index is 13.2. The fourth-order valence-electron chi connectivity index (χ4n) is 7.57. The van der Waals surface area contributed by atoms with Crippen LogP contribution in [0.5, 0.6) is 0 Å². The number of ether oxygens (including phenoxy) is 1. The average molecular weight is 866 g/mol. The minimum Gasteiger partial charge on any atom is -0.462 e. The first-order valence-electron chi connectivity index (χ1n) is 26.2. The SMILES string of the molecule is CC/C=C/C/C=C/C/C=C/C/C=C/CCCCCC(=O)OC(CCCCCCCCC/C=C\C/C=C\CCCCC)CC(=O)NC(CO)C(O)CCCCCCCCCCCC. The van der Waals surface area contributed by atoms with Crippen molar-refractivity contribution in [2.75, 3.05) is 6.61 Å². The van der Waals surface area contributed by atoms with Crippen molar-refractivity contribution in [1.82, 2.24) is 5.32 Å². The average Bonchev–Trinajstić information content (AvgIpc) is 3.26. The van der Waals surface area contributed by atoms with Crippen molar-refractivity contribution in [2.45, 2.75) is 264 Å². The van der Waals surface area contributed by atoms with Crippen molar-refractivity contribution in [2.24, 2.45) is 0 Å². The molecule has 6 heteroatoms. The number of allylic oxidation sites excluding steroid dienone is 12. The maximum Gasteiger partial charge on any atom is 0.306 e. The van der Waals surface area contributed by atoms with Crippen molar-refractivity contribution in [3.8, 4) is 0 Å². The van der Waals surface area contributed by atoms with Crippen LogP contribution >= 0.6 is 0 Å². The molecule has 0 aliphatic heterocycles. The second kappa shape index (κ2) is 49.3. The number of esters is 1. The lowest BCUT2D eigenvalue weighted by molar-refractivity contribution is -0.151. The molecule has 3 atom stereocenters. The molecule has 0 aliphatic carbocycles. The number of amides is 1. The minimum atomic E-state index is -0.797. The summed E-state index contributed by atoms with van der Waals surface area (Å²) in [5.74, 6) is -0.519. The minimum absolute atomic E-state index is 0.0568. The smallest absolute Gasteiger partial charge is 0.306 e. The van der Waals surface area contributed by atoms with Gasteiger partial charge in [0, 0.05) is 6.42 Å². The number of carbonyl (C=O) groups excluding carboxylic acids is 2. The Kier molecular flexibility index (Phi) is 47.2. The van der Waals surface area contributed by atoms with E-state index >= 15 is 0 Å². The van der Waals surface area contributed by atoms with E-state index in [0.717, 1.165) is 103 Å². The number of unbranched alkanes of at least 4 members (excludes halogenated alkanes) is 22. The molecule has 62 heavy (non-hydrogen) atoms. The Morgan fingerprint density at radius 1 is 0.484 bits per heavy atom. The summed E-state index contributed by atoms with van der Waals surface area (Å²) >= 11 is 0. The molecule has 0 aromatic heterocycles. The van der Waals surface area contributed by atoms with Crippen LogP contribution < -0.4 is 5.32 Å². The number of hydrogen-bond donors (Lipinski definition) is 3. The predicted octanol–water partition coefficient (Wildman–Crippen LogP) is 15.8. The highest BCUT2D eigenvalue weighted by molar-refractivity contribution is 5.77. The third-order valence-electron chi connectivity index (χ3n) is 11.5. The first-order chi connectivity index (χ1) is 30.5. The van der Waals surface area contributed by atoms with Crippen LogP contribution in [-0.2, 0) is 14.3 Å². The van der Waals surface area contributed by atoms with Gasteiger partial charge in [-0.3, -0.25) is 9.59 Å². The third kappa shape index (κ3) is 43.9. The van der Waals surface area contributed by atoms with Gasteiger partial charge in [-0.05, 0) is 96.3 Å². The lowest BCUT2D eigenvalue weighted by Gasteiger charge is -2.24. The molecule has 0 rings (SSSR count). The zero-order valence-electron chi connectivity index (χ0n) is 40.7. The summed E-state index contributed by atoms with van der Waals surface area (Å²) in [6, 6.07) is -0.713. The van der Waals surface area contributed by atoms with Gasteiger partial charge in [0.1, 0.15) is 6.10 Å². The maximum absolute atomic E-state index is 13.2. The number of aliphatic hydroxyl groups excluding tert-OH is 2. The molecule has 6 nitrogen and oxygen atoms in total. The molecule has 0 heterocycles. The summed E-state index contributed by atoms with van der Waals surface area (Å²) in [4.78, 5) is 26.2. The molecule has 0 aromatic carbocycles. The number of aliphatic hydroxyl groups is 2. The Hall–Kier alpha value is -2.70. The van der Waals surface area contributed by atoms with Crippen molar-refractivity contribution in [3.63, 3.8) is 0 Å². The van der Waals surface area contributed by atoms with Crippen LogP contribution in [0, 0.1) is 0 Å². The van der Waals surface area contributed by atoms with Gasteiger partial charge < -0.3 is 20.3 Å². The second-order valence-electron chi connectivity index (χ2n) is 17.5. The van der Waals surface area contributed by atoms with Gasteiger partial charge in [0.25, 0.3) is 0 Å². The number of carbonyl (C=O) groups is 2. The van der Waals surface area contributed by atoms with Crippen molar-refractivity contribution < 1.29 is 24.5 Å². The number of hydrogen-bond acceptors (Lipinski definition) is 5. The highest BCUT2D eigenvalue weighted by Gasteiger charge is 2.24. The molecule has 0 saturated carbocycles. The van der Waals surface area contributed by atoms with Crippen LogP contribution in [0.3, 0.4) is 0 Å². The van der Waals surface area contributed by atoms with Crippen molar-refractivity contribution >= 4 is 11.9 Å². The van der Waals surface area contributed by atoms with Crippen LogP contribution in [0.15, 0.2) is 72.9 Å². The van der Waals surface area contributed by atoms with Gasteiger partial charge >= 0.3 is 5.97 Å². The lowest BCUT2D eigenvalue weighted by Crippen LogP contribution is -2.46. The molecule has 358 valence electrons. The molecular formula is C56H99NO5. The topological polar surface area (TPSA) is 95.9 Å². The molecule has 3 N–H and O–H groups in total. The van der Waals surface area contributed by atoms with Crippen LogP contribution in [0.2, 0.25) is 0 Å². The van der Waals surface area contributed by atoms with E-state index in [1.54, 1.807) is 0 Å². The summed E-state index contributed by atoms with van der Waals surface area (Å²) < 4.78 is 5.92. The van der Waals surface area contributed by atoms with E-state index in [0.29, 0.717) is 19.3 Å². The molecule has 0 saturated heterocycles. The Labute approximate surface area is 383 Å². The Morgan fingerprint density at radius 2 is 0.871 bits per heavy atom. The summed E-state index contributed by atoms with van der Waals surface area (Å²) in [5, 5.41) is 23.7. The van der Waals surface area contributed by atoms with Crippen molar-refractivity contribution in [3.05, 3.63) is 72.9 Å². The summed E-state index contributed by atoms with van der Waals surface area (Å²) in [5.41, 5.74) is 0. The van der Waals surface area contributed by atoms with E-state index in [1.807, 2.05) is 0 Å². The quantitative estimate of drug-likeness (QED) is 0.0322. The molecule has 0 bridgehead atoms. The molecule has 0 aliphatic rings. The highest BCUT2D eigenvalue weighted by atomic mass is 16.5. The van der Waals surface area contributed by atoms with E-state index in [1.165, 1.54) is 96.3 Å². The van der Waals surface area contributed by atoms with Crippen LogP contribution in [0.4, 0.5) is 0 Å². The highest BCUT2D eigenvalue weighted by Crippen LogP contribution is 2.17. The first kappa shape index (κ1) is 59.3. The normalized spacial score (nSPS) is 13.8. The predicted molar refractivity (Wildman–Crippen MR) is 268 cm³/mol. The summed E-state index contributed by atoms with van der Waals surface area (Å²) in [6.07, 6.45) is 62.4. The Balaban J connectivity index is 4.66. The molecule has 0 aromatic rings. The van der Waals surface area contributed by atoms with Crippen LogP contribution in [-0.4, -0.2) is 46.9 Å². The Bertz CT molecular complexity index is 1150. The second-order valence-corrected chi connectivity index (χ2v) is 17.5. The largest absolute Gasteiger partial charge is 0.462 e. The fraction of sp³-hybridized carbons (Fsp3) is 0.750. The lowest BCUT2D eigenvalue weighted by atomic mass is 10.0. The van der Waals surface area contributed by atoms with E-state index in [4.69, 9.17) is 4.74 Å². The van der Waals surface area contributed by atoms with Crippen LogP contribution in [0.1, 0.15) is 245 Å². The third-order valence-corrected chi connectivity index (χ3v) is 11.5. The summed E-state index contributed by atoms with van der Waals surface area (Å²) in [7, 11) is 0. The standard InChI is InChI=1S/C56H99NO5/c1-4-7-10-13-16-19-22-24-26-28-29-31-33-35-38-41-44-47-52(50-55(60)57-53(51-58)54(59)48-45-42-39-36-21-18-15-12-9-6-3)62-56(61)49-46-43-40-37-34-32-30-27-25-23-20-17-14-11-8-5-2/h8,11,16-17,19-20,24-27,32,34,52-54,58-59H,4-7,9-10,12-15,18,21-23,28-31,33,35-51H2,1-3H3,(H,57,60)/b11-8+,19-16-,20-17+,26-24-,27-25+,34-32+. The zero-order chi connectivity index (χ0) is 45.2. The van der Waals surface area contributed by atoms with Crippen LogP contribution in [0.25, 0.3) is 0 Å². The Morgan fingerprint density at radius 3 is 1.35 bits per heavy atom. The van der Waals surface area contributed by atoms with Gasteiger partial charge in [-0.25, -0.2) is 0 Å². The van der Waals surface area contributed by atoms with E-state index in [9.17, 15) is 19.8 Å².